The summed E-state index contributed by atoms with van der Waals surface area (Å²) in [5.41, 5.74) is 7.75. The first-order valence-electron chi connectivity index (χ1n) is 6.94. The summed E-state index contributed by atoms with van der Waals surface area (Å²) in [6, 6.07) is 13.5. The van der Waals surface area contributed by atoms with Crippen LogP contribution in [0.15, 0.2) is 48.5 Å². The van der Waals surface area contributed by atoms with E-state index in [9.17, 15) is 9.18 Å². The number of thiazole rings is 1. The van der Waals surface area contributed by atoms with Gasteiger partial charge in [0.05, 0.1) is 5.69 Å². The highest BCUT2D eigenvalue weighted by Crippen LogP contribution is 2.30. The van der Waals surface area contributed by atoms with Crippen molar-refractivity contribution in [3.8, 4) is 0 Å². The summed E-state index contributed by atoms with van der Waals surface area (Å²) < 4.78 is 13.7. The lowest BCUT2D eigenvalue weighted by Gasteiger charge is -2.02. The zero-order valence-electron chi connectivity index (χ0n) is 12.3. The van der Waals surface area contributed by atoms with Gasteiger partial charge in [-0.3, -0.25) is 4.79 Å². The molecule has 1 aromatic heterocycles. The lowest BCUT2D eigenvalue weighted by molar-refractivity contribution is 0.104. The monoisotopic (exact) mass is 327 g/mol. The molecule has 23 heavy (non-hydrogen) atoms. The number of nitrogens with two attached hydrogens (primary N) is 1. The van der Waals surface area contributed by atoms with Crippen molar-refractivity contribution in [2.24, 2.45) is 0 Å². The van der Waals surface area contributed by atoms with Crippen LogP contribution in [0.2, 0.25) is 0 Å². The van der Waals surface area contributed by atoms with Crippen LogP contribution in [0.25, 0.3) is 0 Å². The molecule has 116 valence electrons. The van der Waals surface area contributed by atoms with E-state index in [2.05, 4.69) is 10.3 Å². The van der Waals surface area contributed by atoms with Crippen LogP contribution >= 0.6 is 11.3 Å². The second kappa shape index (κ2) is 6.18. The molecule has 0 amide bonds. The number of nitrogens with zero attached hydrogens (tertiary/aromatic N) is 1. The van der Waals surface area contributed by atoms with E-state index in [0.29, 0.717) is 15.6 Å². The molecule has 0 fully saturated rings. The minimum atomic E-state index is -0.396. The number of carbonyl (C=O) groups excluding carboxylic acids is 1. The molecule has 6 heteroatoms. The Morgan fingerprint density at radius 3 is 2.57 bits per heavy atom. The van der Waals surface area contributed by atoms with Gasteiger partial charge in [0.25, 0.3) is 0 Å². The number of hydrogen-bond acceptors (Lipinski definition) is 5. The SMILES string of the molecule is Cc1ccc(C(=O)c2sc(Nc3ccccc3F)nc2N)cc1. The molecule has 2 aromatic carbocycles. The number of aromatic nitrogens is 1. The zero-order valence-corrected chi connectivity index (χ0v) is 13.2. The van der Waals surface area contributed by atoms with Crippen LogP contribution in [0, 0.1) is 12.7 Å². The first-order valence-corrected chi connectivity index (χ1v) is 7.75. The number of nitrogens with one attached hydrogen (secondary N) is 1. The number of hydrogen-bond donors (Lipinski definition) is 2. The van der Waals surface area contributed by atoms with Gasteiger partial charge >= 0.3 is 0 Å². The smallest absolute Gasteiger partial charge is 0.206 e. The largest absolute Gasteiger partial charge is 0.382 e. The van der Waals surface area contributed by atoms with Crippen molar-refractivity contribution in [2.45, 2.75) is 6.92 Å². The lowest BCUT2D eigenvalue weighted by atomic mass is 10.1. The number of rotatable bonds is 4. The minimum absolute atomic E-state index is 0.138. The van der Waals surface area contributed by atoms with Crippen LogP contribution in [0.1, 0.15) is 20.8 Å². The van der Waals surface area contributed by atoms with E-state index in [1.165, 1.54) is 6.07 Å². The molecule has 0 aliphatic rings. The van der Waals surface area contributed by atoms with Gasteiger partial charge in [-0.1, -0.05) is 53.3 Å². The molecule has 0 atom stereocenters. The van der Waals surface area contributed by atoms with Gasteiger partial charge in [0.1, 0.15) is 16.5 Å². The van der Waals surface area contributed by atoms with E-state index >= 15 is 0 Å². The van der Waals surface area contributed by atoms with E-state index in [1.54, 1.807) is 30.3 Å². The van der Waals surface area contributed by atoms with Crippen LogP contribution in [0.4, 0.5) is 21.0 Å². The fourth-order valence-electron chi connectivity index (χ4n) is 2.06. The van der Waals surface area contributed by atoms with Gasteiger partial charge in [-0.25, -0.2) is 9.37 Å². The third-order valence-electron chi connectivity index (χ3n) is 3.29. The summed E-state index contributed by atoms with van der Waals surface area (Å²) in [6.45, 7) is 1.95. The Labute approximate surface area is 136 Å². The molecular formula is C17H14FN3OS. The van der Waals surface area contributed by atoms with Crippen LogP contribution in [0.5, 0.6) is 0 Å². The third-order valence-corrected chi connectivity index (χ3v) is 4.27. The highest BCUT2D eigenvalue weighted by atomic mass is 32.1. The molecule has 0 aliphatic heterocycles. The summed E-state index contributed by atoms with van der Waals surface area (Å²) in [4.78, 5) is 16.9. The molecule has 0 bridgehead atoms. The maximum absolute atomic E-state index is 13.7. The summed E-state index contributed by atoms with van der Waals surface area (Å²) >= 11 is 1.11. The number of ketones is 1. The predicted octanol–water partition coefficient (Wildman–Crippen LogP) is 4.15. The highest BCUT2D eigenvalue weighted by molar-refractivity contribution is 7.18. The molecule has 0 unspecified atom stereocenters. The Hall–Kier alpha value is -2.73. The molecule has 1 heterocycles. The normalized spacial score (nSPS) is 10.5. The third kappa shape index (κ3) is 3.22. The van der Waals surface area contributed by atoms with Crippen molar-refractivity contribution < 1.29 is 9.18 Å². The van der Waals surface area contributed by atoms with E-state index in [4.69, 9.17) is 5.73 Å². The van der Waals surface area contributed by atoms with Gasteiger partial charge < -0.3 is 11.1 Å². The van der Waals surface area contributed by atoms with Gasteiger partial charge in [-0.2, -0.15) is 0 Å². The van der Waals surface area contributed by atoms with Crippen LogP contribution in [0.3, 0.4) is 0 Å². The van der Waals surface area contributed by atoms with E-state index < -0.39 is 5.82 Å². The average molecular weight is 327 g/mol. The number of aryl methyl sites for hydroxylation is 1. The van der Waals surface area contributed by atoms with Gasteiger partial charge in [0.2, 0.25) is 5.78 Å². The first-order chi connectivity index (χ1) is 11.0. The second-order valence-corrected chi connectivity index (χ2v) is 6.03. The fourth-order valence-corrected chi connectivity index (χ4v) is 2.92. The van der Waals surface area contributed by atoms with Crippen molar-refractivity contribution in [1.29, 1.82) is 0 Å². The predicted molar refractivity (Wildman–Crippen MR) is 90.8 cm³/mol. The number of anilines is 3. The Morgan fingerprint density at radius 1 is 1.17 bits per heavy atom. The standard InChI is InChI=1S/C17H14FN3OS/c1-10-6-8-11(9-7-10)14(22)15-16(19)21-17(23-15)20-13-5-3-2-4-12(13)18/h2-9H,19H2,1H3,(H,20,21). The van der Waals surface area contributed by atoms with Crippen molar-refractivity contribution in [3.63, 3.8) is 0 Å². The van der Waals surface area contributed by atoms with Gasteiger partial charge in [-0.05, 0) is 19.1 Å². The number of nitrogen functional groups attached to an aromatic ring is 1. The van der Waals surface area contributed by atoms with E-state index in [1.807, 2.05) is 19.1 Å². The summed E-state index contributed by atoms with van der Waals surface area (Å²) in [6.07, 6.45) is 0. The molecule has 0 saturated heterocycles. The number of carbonyl (C=O) groups is 1. The van der Waals surface area contributed by atoms with Gasteiger partial charge in [0, 0.05) is 5.56 Å². The fraction of sp³-hybridized carbons (Fsp3) is 0.0588. The number of halogens is 1. The van der Waals surface area contributed by atoms with Crippen molar-refractivity contribution in [2.75, 3.05) is 11.1 Å². The summed E-state index contributed by atoms with van der Waals surface area (Å²) in [5, 5.41) is 3.23. The molecule has 0 spiro atoms. The van der Waals surface area contributed by atoms with Crippen LogP contribution in [-0.2, 0) is 0 Å². The lowest BCUT2D eigenvalue weighted by Crippen LogP contribution is -2.02. The van der Waals surface area contributed by atoms with Crippen molar-refractivity contribution in [1.82, 2.24) is 4.98 Å². The molecule has 3 N–H and O–H groups in total. The molecule has 3 rings (SSSR count). The first kappa shape index (κ1) is 15.2. The van der Waals surface area contributed by atoms with Gasteiger partial charge in [-0.15, -0.1) is 0 Å². The second-order valence-electron chi connectivity index (χ2n) is 5.03. The maximum Gasteiger partial charge on any atom is 0.206 e. The Morgan fingerprint density at radius 2 is 1.87 bits per heavy atom. The molecular weight excluding hydrogens is 313 g/mol. The average Bonchev–Trinajstić information content (AvgIpc) is 2.90. The molecule has 3 aromatic rings. The highest BCUT2D eigenvalue weighted by Gasteiger charge is 2.18. The van der Waals surface area contributed by atoms with E-state index in [-0.39, 0.29) is 17.3 Å². The zero-order chi connectivity index (χ0) is 16.4. The van der Waals surface area contributed by atoms with Crippen molar-refractivity contribution in [3.05, 3.63) is 70.4 Å². The van der Waals surface area contributed by atoms with Crippen molar-refractivity contribution >= 4 is 33.8 Å². The Kier molecular flexibility index (Phi) is 4.08. The summed E-state index contributed by atoms with van der Waals surface area (Å²) in [5.74, 6) is -0.450. The molecule has 4 nitrogen and oxygen atoms in total. The topological polar surface area (TPSA) is 68.0 Å². The maximum atomic E-state index is 13.7. The Balaban J connectivity index is 1.87. The number of benzene rings is 2. The van der Waals surface area contributed by atoms with Crippen LogP contribution in [-0.4, -0.2) is 10.8 Å². The summed E-state index contributed by atoms with van der Waals surface area (Å²) in [7, 11) is 0. The minimum Gasteiger partial charge on any atom is -0.382 e. The molecule has 0 aliphatic carbocycles. The Bertz CT molecular complexity index is 859. The van der Waals surface area contributed by atoms with Gasteiger partial charge in [0.15, 0.2) is 5.13 Å². The quantitative estimate of drug-likeness (QED) is 0.707. The van der Waals surface area contributed by atoms with E-state index in [0.717, 1.165) is 16.9 Å². The molecule has 0 saturated carbocycles. The molecule has 0 radical (unpaired) electrons. The number of para-hydroxylation sites is 1. The van der Waals surface area contributed by atoms with Crippen LogP contribution < -0.4 is 11.1 Å².